The molecule has 0 spiro atoms. The predicted molar refractivity (Wildman–Crippen MR) is 60.4 cm³/mol. The first-order valence-electron chi connectivity index (χ1n) is 5.25. The molecule has 0 aliphatic rings. The highest BCUT2D eigenvalue weighted by atomic mass is 19.3. The van der Waals surface area contributed by atoms with Gasteiger partial charge < -0.3 is 9.47 Å². The Morgan fingerprint density at radius 3 is 2.65 bits per heavy atom. The molecule has 20 heavy (non-hydrogen) atoms. The van der Waals surface area contributed by atoms with Crippen LogP contribution in [0.5, 0.6) is 5.75 Å². The fourth-order valence-corrected chi connectivity index (χ4v) is 1.37. The van der Waals surface area contributed by atoms with E-state index in [1.54, 1.807) is 0 Å². The van der Waals surface area contributed by atoms with E-state index in [0.29, 0.717) is 12.1 Å². The molecule has 1 aromatic rings. The van der Waals surface area contributed by atoms with Crippen LogP contribution in [0.4, 0.5) is 14.5 Å². The first kappa shape index (κ1) is 15.3. The predicted octanol–water partition coefficient (Wildman–Crippen LogP) is 2.24. The van der Waals surface area contributed by atoms with Crippen LogP contribution >= 0.6 is 0 Å². The molecule has 0 N–H and O–H groups in total. The first-order chi connectivity index (χ1) is 9.40. The van der Waals surface area contributed by atoms with Gasteiger partial charge in [-0.05, 0) is 6.92 Å². The third-order valence-corrected chi connectivity index (χ3v) is 2.13. The lowest BCUT2D eigenvalue weighted by Gasteiger charge is -2.09. The molecule has 0 heterocycles. The van der Waals surface area contributed by atoms with Gasteiger partial charge in [-0.1, -0.05) is 0 Å². The Labute approximate surface area is 111 Å². The molecule has 0 amide bonds. The van der Waals surface area contributed by atoms with Crippen LogP contribution in [0, 0.1) is 21.4 Å². The van der Waals surface area contributed by atoms with Crippen molar-refractivity contribution < 1.29 is 28.0 Å². The summed E-state index contributed by atoms with van der Waals surface area (Å²) in [6, 6.07) is 2.86. The van der Waals surface area contributed by atoms with Gasteiger partial charge in [0.05, 0.1) is 11.5 Å². The molecule has 9 heteroatoms. The van der Waals surface area contributed by atoms with Crippen LogP contribution in [0.3, 0.4) is 0 Å². The van der Waals surface area contributed by atoms with Crippen molar-refractivity contribution in [3.63, 3.8) is 0 Å². The Balaban J connectivity index is 3.43. The van der Waals surface area contributed by atoms with E-state index in [0.717, 1.165) is 0 Å². The highest BCUT2D eigenvalue weighted by molar-refractivity contribution is 5.95. The number of rotatable bonds is 5. The average molecular weight is 286 g/mol. The minimum Gasteiger partial charge on any atom is -0.462 e. The third kappa shape index (κ3) is 3.38. The van der Waals surface area contributed by atoms with Crippen molar-refractivity contribution in [3.05, 3.63) is 33.4 Å². The largest absolute Gasteiger partial charge is 0.462 e. The maximum Gasteiger partial charge on any atom is 0.387 e. The zero-order valence-electron chi connectivity index (χ0n) is 10.1. The van der Waals surface area contributed by atoms with Crippen LogP contribution in [0.2, 0.25) is 0 Å². The quantitative estimate of drug-likeness (QED) is 0.467. The zero-order chi connectivity index (χ0) is 15.3. The zero-order valence-corrected chi connectivity index (χ0v) is 10.1. The molecule has 1 aromatic carbocycles. The van der Waals surface area contributed by atoms with Crippen molar-refractivity contribution in [1.82, 2.24) is 0 Å². The summed E-state index contributed by atoms with van der Waals surface area (Å²) in [5.41, 5.74) is -1.77. The minimum absolute atomic E-state index is 0.0545. The van der Waals surface area contributed by atoms with Gasteiger partial charge in [0.2, 0.25) is 0 Å². The smallest absolute Gasteiger partial charge is 0.387 e. The molecule has 0 atom stereocenters. The number of esters is 1. The summed E-state index contributed by atoms with van der Waals surface area (Å²) in [6.45, 7) is -1.82. The average Bonchev–Trinajstić information content (AvgIpc) is 2.37. The van der Waals surface area contributed by atoms with E-state index in [1.807, 2.05) is 0 Å². The number of nitro groups is 1. The van der Waals surface area contributed by atoms with E-state index in [2.05, 4.69) is 9.47 Å². The van der Waals surface area contributed by atoms with Crippen LogP contribution in [0.15, 0.2) is 12.1 Å². The summed E-state index contributed by atoms with van der Waals surface area (Å²) in [5.74, 6) is -1.70. The number of nitrogens with zero attached hydrogens (tertiary/aromatic N) is 2. The number of alkyl halides is 2. The number of halogens is 2. The SMILES string of the molecule is CCOC(=O)c1cc(OC(F)F)c(C#N)cc1[N+](=O)[O-]. The van der Waals surface area contributed by atoms with Crippen LogP contribution < -0.4 is 4.74 Å². The Hall–Kier alpha value is -2.76. The van der Waals surface area contributed by atoms with Crippen LogP contribution in [-0.2, 0) is 4.74 Å². The van der Waals surface area contributed by atoms with E-state index in [-0.39, 0.29) is 6.61 Å². The van der Waals surface area contributed by atoms with Crippen LogP contribution in [0.25, 0.3) is 0 Å². The monoisotopic (exact) mass is 286 g/mol. The number of ether oxygens (including phenoxy) is 2. The number of hydrogen-bond donors (Lipinski definition) is 0. The number of hydrogen-bond acceptors (Lipinski definition) is 6. The maximum absolute atomic E-state index is 12.2. The van der Waals surface area contributed by atoms with E-state index in [4.69, 9.17) is 5.26 Å². The molecule has 1 rings (SSSR count). The van der Waals surface area contributed by atoms with Gasteiger partial charge in [0.15, 0.2) is 0 Å². The third-order valence-electron chi connectivity index (χ3n) is 2.13. The van der Waals surface area contributed by atoms with Gasteiger partial charge in [0, 0.05) is 12.1 Å². The lowest BCUT2D eigenvalue weighted by molar-refractivity contribution is -0.385. The van der Waals surface area contributed by atoms with Crippen LogP contribution in [-0.4, -0.2) is 24.1 Å². The van der Waals surface area contributed by atoms with E-state index < -0.39 is 40.1 Å². The van der Waals surface area contributed by atoms with Gasteiger partial charge in [-0.25, -0.2) is 4.79 Å². The molecule has 0 unspecified atom stereocenters. The molecule has 0 saturated heterocycles. The highest BCUT2D eigenvalue weighted by Crippen LogP contribution is 2.30. The number of carbonyl (C=O) groups excluding carboxylic acids is 1. The second-order valence-electron chi connectivity index (χ2n) is 3.33. The number of carbonyl (C=O) groups is 1. The van der Waals surface area contributed by atoms with Gasteiger partial charge in [0.25, 0.3) is 5.69 Å². The molecule has 0 aliphatic heterocycles. The summed E-state index contributed by atoms with van der Waals surface area (Å²) < 4.78 is 33.0. The number of nitro benzene ring substituents is 1. The van der Waals surface area contributed by atoms with Gasteiger partial charge in [0.1, 0.15) is 22.9 Å². The molecule has 7 nitrogen and oxygen atoms in total. The lowest BCUT2D eigenvalue weighted by atomic mass is 10.1. The van der Waals surface area contributed by atoms with Crippen molar-refractivity contribution in [2.24, 2.45) is 0 Å². The maximum atomic E-state index is 12.2. The normalized spacial score (nSPS) is 9.95. The number of nitriles is 1. The number of benzene rings is 1. The second-order valence-corrected chi connectivity index (χ2v) is 3.33. The molecule has 0 aliphatic carbocycles. The second kappa shape index (κ2) is 6.42. The highest BCUT2D eigenvalue weighted by Gasteiger charge is 2.26. The Morgan fingerprint density at radius 1 is 1.55 bits per heavy atom. The summed E-state index contributed by atoms with van der Waals surface area (Å²) in [5, 5.41) is 19.6. The van der Waals surface area contributed by atoms with Gasteiger partial charge in [-0.3, -0.25) is 10.1 Å². The van der Waals surface area contributed by atoms with Crippen molar-refractivity contribution in [1.29, 1.82) is 5.26 Å². The minimum atomic E-state index is -3.24. The molecule has 0 aromatic heterocycles. The molecular weight excluding hydrogens is 278 g/mol. The van der Waals surface area contributed by atoms with Gasteiger partial charge in [-0.2, -0.15) is 14.0 Å². The van der Waals surface area contributed by atoms with Gasteiger partial charge >= 0.3 is 12.6 Å². The van der Waals surface area contributed by atoms with E-state index in [1.165, 1.54) is 13.0 Å². The Bertz CT molecular complexity index is 583. The van der Waals surface area contributed by atoms with E-state index in [9.17, 15) is 23.7 Å². The Morgan fingerprint density at radius 2 is 2.20 bits per heavy atom. The molecule has 0 radical (unpaired) electrons. The van der Waals surface area contributed by atoms with Crippen molar-refractivity contribution in [3.8, 4) is 11.8 Å². The molecule has 0 saturated carbocycles. The van der Waals surface area contributed by atoms with Crippen molar-refractivity contribution in [2.45, 2.75) is 13.5 Å². The van der Waals surface area contributed by atoms with E-state index >= 15 is 0 Å². The summed E-state index contributed by atoms with van der Waals surface area (Å²) in [7, 11) is 0. The van der Waals surface area contributed by atoms with Crippen molar-refractivity contribution in [2.75, 3.05) is 6.61 Å². The van der Waals surface area contributed by atoms with Crippen molar-refractivity contribution >= 4 is 11.7 Å². The molecule has 106 valence electrons. The van der Waals surface area contributed by atoms with Gasteiger partial charge in [-0.15, -0.1) is 0 Å². The summed E-state index contributed by atoms with van der Waals surface area (Å²) in [6.07, 6.45) is 0. The fraction of sp³-hybridized carbons (Fsp3) is 0.273. The first-order valence-corrected chi connectivity index (χ1v) is 5.25. The molecule has 0 bridgehead atoms. The molecular formula is C11H8F2N2O5. The summed E-state index contributed by atoms with van der Waals surface area (Å²) in [4.78, 5) is 21.5. The standard InChI is InChI=1S/C11H8F2N2O5/c1-2-19-10(16)7-4-9(20-11(12)13)6(5-14)3-8(7)15(17)18/h3-4,11H,2H2,1H3. The topological polar surface area (TPSA) is 102 Å². The fourth-order valence-electron chi connectivity index (χ4n) is 1.37. The summed E-state index contributed by atoms with van der Waals surface area (Å²) >= 11 is 0. The Kier molecular flexibility index (Phi) is 4.91. The molecule has 0 fully saturated rings. The lowest BCUT2D eigenvalue weighted by Crippen LogP contribution is -2.11. The van der Waals surface area contributed by atoms with Crippen LogP contribution in [0.1, 0.15) is 22.8 Å².